The van der Waals surface area contributed by atoms with Gasteiger partial charge in [-0.05, 0) is 5.56 Å². The monoisotopic (exact) mass is 253 g/mol. The van der Waals surface area contributed by atoms with Crippen LogP contribution in [-0.4, -0.2) is 12.6 Å². The molecular formula is C10H8F5NO. The van der Waals surface area contributed by atoms with Crippen molar-refractivity contribution in [2.45, 2.75) is 18.6 Å². The maximum Gasteiger partial charge on any atom is 0.458 e. The summed E-state index contributed by atoms with van der Waals surface area (Å²) in [6.07, 6.45) is -5.21. The largest absolute Gasteiger partial charge is 0.458 e. The number of rotatable bonds is 4. The van der Waals surface area contributed by atoms with Crippen LogP contribution in [0.5, 0.6) is 0 Å². The van der Waals surface area contributed by atoms with Gasteiger partial charge < -0.3 is 5.32 Å². The van der Waals surface area contributed by atoms with E-state index in [1.165, 1.54) is 0 Å². The highest BCUT2D eigenvalue weighted by atomic mass is 19.4. The van der Waals surface area contributed by atoms with Crippen molar-refractivity contribution in [2.24, 2.45) is 0 Å². The molecule has 7 heteroatoms. The van der Waals surface area contributed by atoms with Crippen LogP contribution in [0.25, 0.3) is 0 Å². The molecule has 0 aliphatic carbocycles. The predicted molar refractivity (Wildman–Crippen MR) is 49.3 cm³/mol. The third kappa shape index (κ3) is 2.92. The minimum absolute atomic E-state index is 0.0708. The number of hydrogen-bond donors (Lipinski definition) is 1. The van der Waals surface area contributed by atoms with Gasteiger partial charge in [-0.25, -0.2) is 0 Å². The Morgan fingerprint density at radius 2 is 1.59 bits per heavy atom. The van der Waals surface area contributed by atoms with Gasteiger partial charge in [-0.15, -0.1) is 0 Å². The van der Waals surface area contributed by atoms with E-state index in [4.69, 9.17) is 0 Å². The maximum atomic E-state index is 12.8. The van der Waals surface area contributed by atoms with Gasteiger partial charge in [0.15, 0.2) is 0 Å². The van der Waals surface area contributed by atoms with E-state index in [1.54, 1.807) is 0 Å². The maximum absolute atomic E-state index is 12.8. The minimum atomic E-state index is -5.62. The van der Waals surface area contributed by atoms with Crippen LogP contribution in [0.15, 0.2) is 24.3 Å². The summed E-state index contributed by atoms with van der Waals surface area (Å²) in [5.74, 6) is -4.87. The van der Waals surface area contributed by atoms with E-state index in [-0.39, 0.29) is 6.54 Å². The van der Waals surface area contributed by atoms with Gasteiger partial charge in [0.1, 0.15) is 0 Å². The van der Waals surface area contributed by atoms with E-state index in [0.717, 1.165) is 12.1 Å². The lowest BCUT2D eigenvalue weighted by molar-refractivity contribution is -0.289. The Hall–Kier alpha value is -1.66. The summed E-state index contributed by atoms with van der Waals surface area (Å²) < 4.78 is 61.7. The Morgan fingerprint density at radius 1 is 1.06 bits per heavy atom. The van der Waals surface area contributed by atoms with Crippen molar-refractivity contribution >= 4 is 6.41 Å². The molecule has 0 aromatic heterocycles. The van der Waals surface area contributed by atoms with E-state index in [2.05, 4.69) is 5.32 Å². The summed E-state index contributed by atoms with van der Waals surface area (Å²) in [6, 6.07) is 3.58. The molecule has 0 aliphatic rings. The van der Waals surface area contributed by atoms with E-state index in [0.29, 0.717) is 24.1 Å². The Labute approximate surface area is 93.4 Å². The zero-order valence-electron chi connectivity index (χ0n) is 8.39. The van der Waals surface area contributed by atoms with Crippen molar-refractivity contribution in [1.29, 1.82) is 0 Å². The number of carbonyl (C=O) groups excluding carboxylic acids is 1. The van der Waals surface area contributed by atoms with Crippen molar-refractivity contribution in [3.8, 4) is 0 Å². The van der Waals surface area contributed by atoms with Gasteiger partial charge in [0.25, 0.3) is 0 Å². The third-order valence-corrected chi connectivity index (χ3v) is 2.06. The quantitative estimate of drug-likeness (QED) is 0.648. The zero-order chi connectivity index (χ0) is 13.1. The van der Waals surface area contributed by atoms with E-state index in [1.807, 2.05) is 0 Å². The lowest BCUT2D eigenvalue weighted by Gasteiger charge is -2.19. The highest BCUT2D eigenvalue weighted by Crippen LogP contribution is 2.43. The number of alkyl halides is 5. The third-order valence-electron chi connectivity index (χ3n) is 2.06. The van der Waals surface area contributed by atoms with Gasteiger partial charge in [0, 0.05) is 12.1 Å². The van der Waals surface area contributed by atoms with Crippen LogP contribution in [-0.2, 0) is 17.3 Å². The second-order valence-corrected chi connectivity index (χ2v) is 3.27. The first-order valence-electron chi connectivity index (χ1n) is 4.50. The van der Waals surface area contributed by atoms with Crippen molar-refractivity contribution in [3.05, 3.63) is 35.4 Å². The van der Waals surface area contributed by atoms with Gasteiger partial charge >= 0.3 is 12.1 Å². The molecule has 17 heavy (non-hydrogen) atoms. The summed E-state index contributed by atoms with van der Waals surface area (Å²) >= 11 is 0. The molecule has 1 aromatic rings. The first-order chi connectivity index (χ1) is 7.79. The molecule has 94 valence electrons. The summed E-state index contributed by atoms with van der Waals surface area (Å²) in [7, 11) is 0. The molecule has 0 saturated heterocycles. The SMILES string of the molecule is O=CNCc1ccc(C(F)(F)C(F)(F)F)cc1. The molecule has 1 rings (SSSR count). The molecular weight excluding hydrogens is 245 g/mol. The molecule has 1 aromatic carbocycles. The van der Waals surface area contributed by atoms with Crippen LogP contribution in [0, 0.1) is 0 Å². The van der Waals surface area contributed by atoms with E-state index in [9.17, 15) is 26.7 Å². The number of nitrogens with one attached hydrogen (secondary N) is 1. The van der Waals surface area contributed by atoms with Crippen molar-refractivity contribution in [1.82, 2.24) is 5.32 Å². The van der Waals surface area contributed by atoms with E-state index < -0.39 is 17.7 Å². The van der Waals surface area contributed by atoms with Crippen LogP contribution in [0.1, 0.15) is 11.1 Å². The summed E-state index contributed by atoms with van der Waals surface area (Å²) in [6.45, 7) is 0.0708. The van der Waals surface area contributed by atoms with Gasteiger partial charge in [-0.3, -0.25) is 4.79 Å². The zero-order valence-corrected chi connectivity index (χ0v) is 8.39. The molecule has 0 heterocycles. The average Bonchev–Trinajstić information content (AvgIpc) is 2.25. The second-order valence-electron chi connectivity index (χ2n) is 3.27. The van der Waals surface area contributed by atoms with Gasteiger partial charge in [0.2, 0.25) is 6.41 Å². The van der Waals surface area contributed by atoms with Crippen LogP contribution in [0.3, 0.4) is 0 Å². The molecule has 0 saturated carbocycles. The van der Waals surface area contributed by atoms with Crippen LogP contribution < -0.4 is 5.32 Å². The molecule has 0 radical (unpaired) electrons. The van der Waals surface area contributed by atoms with Crippen molar-refractivity contribution in [2.75, 3.05) is 0 Å². The first kappa shape index (κ1) is 13.4. The first-order valence-corrected chi connectivity index (χ1v) is 4.50. The lowest BCUT2D eigenvalue weighted by Crippen LogP contribution is -2.33. The summed E-state index contributed by atoms with van der Waals surface area (Å²) in [5, 5.41) is 2.26. The molecule has 0 atom stereocenters. The Balaban J connectivity index is 2.91. The van der Waals surface area contributed by atoms with Crippen molar-refractivity contribution < 1.29 is 26.7 Å². The van der Waals surface area contributed by atoms with Crippen LogP contribution in [0.2, 0.25) is 0 Å². The van der Waals surface area contributed by atoms with Gasteiger partial charge in [-0.2, -0.15) is 22.0 Å². The number of hydrogen-bond acceptors (Lipinski definition) is 1. The number of amides is 1. The average molecular weight is 253 g/mol. The van der Waals surface area contributed by atoms with Crippen LogP contribution in [0.4, 0.5) is 22.0 Å². The fraction of sp³-hybridized carbons (Fsp3) is 0.300. The molecule has 0 unspecified atom stereocenters. The second kappa shape index (κ2) is 4.68. The fourth-order valence-electron chi connectivity index (χ4n) is 1.16. The number of halogens is 5. The number of carbonyl (C=O) groups is 1. The topological polar surface area (TPSA) is 29.1 Å². The smallest absolute Gasteiger partial charge is 0.355 e. The Morgan fingerprint density at radius 3 is 2.00 bits per heavy atom. The summed E-state index contributed by atoms with van der Waals surface area (Å²) in [5.41, 5.74) is -0.696. The molecule has 0 spiro atoms. The van der Waals surface area contributed by atoms with Gasteiger partial charge in [-0.1, -0.05) is 24.3 Å². The van der Waals surface area contributed by atoms with Crippen LogP contribution >= 0.6 is 0 Å². The fourth-order valence-corrected chi connectivity index (χ4v) is 1.16. The van der Waals surface area contributed by atoms with Gasteiger partial charge in [0.05, 0.1) is 0 Å². The lowest BCUT2D eigenvalue weighted by atomic mass is 10.1. The highest BCUT2D eigenvalue weighted by molar-refractivity contribution is 5.46. The molecule has 0 fully saturated rings. The Kier molecular flexibility index (Phi) is 3.69. The highest BCUT2D eigenvalue weighted by Gasteiger charge is 2.58. The summed E-state index contributed by atoms with van der Waals surface area (Å²) in [4.78, 5) is 9.96. The van der Waals surface area contributed by atoms with E-state index >= 15 is 0 Å². The standard InChI is InChI=1S/C10H8F5NO/c11-9(12,10(13,14)15)8-3-1-7(2-4-8)5-16-6-17/h1-4,6H,5H2,(H,16,17). The molecule has 0 aliphatic heterocycles. The Bertz CT molecular complexity index is 385. The van der Waals surface area contributed by atoms with Crippen molar-refractivity contribution in [3.63, 3.8) is 0 Å². The molecule has 1 amide bonds. The normalized spacial score (nSPS) is 12.3. The predicted octanol–water partition coefficient (Wildman–Crippen LogP) is 2.59. The molecule has 1 N–H and O–H groups in total. The minimum Gasteiger partial charge on any atom is -0.355 e. The molecule has 0 bridgehead atoms. The molecule has 2 nitrogen and oxygen atoms in total. The number of benzene rings is 1.